The summed E-state index contributed by atoms with van der Waals surface area (Å²) in [5.41, 5.74) is 0. The van der Waals surface area contributed by atoms with E-state index in [0.717, 1.165) is 51.4 Å². The Morgan fingerprint density at radius 3 is 1.40 bits per heavy atom. The molecular weight excluding hydrogens is 792 g/mol. The molecule has 0 heterocycles. The van der Waals surface area contributed by atoms with Crippen LogP contribution in [0.2, 0.25) is 0 Å². The fraction of sp³-hybridized carbons (Fsp3) is 0.792. The molecular formula is C53H99N2O6P. The number of quaternary nitrogens is 1. The summed E-state index contributed by atoms with van der Waals surface area (Å²) in [6.45, 7) is 4.60. The molecule has 0 aliphatic carbocycles. The minimum atomic E-state index is -4.61. The van der Waals surface area contributed by atoms with E-state index < -0.39 is 26.6 Å². The predicted molar refractivity (Wildman–Crippen MR) is 265 cm³/mol. The number of phosphoric acid groups is 1. The van der Waals surface area contributed by atoms with Crippen LogP contribution in [0.1, 0.15) is 219 Å². The van der Waals surface area contributed by atoms with Gasteiger partial charge in [-0.05, 0) is 77.0 Å². The smallest absolute Gasteiger partial charge is 0.268 e. The molecule has 0 bridgehead atoms. The van der Waals surface area contributed by atoms with Crippen LogP contribution in [0.3, 0.4) is 0 Å². The van der Waals surface area contributed by atoms with E-state index in [-0.39, 0.29) is 12.5 Å². The molecule has 0 rings (SSSR count). The van der Waals surface area contributed by atoms with Gasteiger partial charge in [0.1, 0.15) is 13.2 Å². The summed E-state index contributed by atoms with van der Waals surface area (Å²) < 4.78 is 23.2. The Hall–Kier alpha value is -1.80. The Labute approximate surface area is 383 Å². The lowest BCUT2D eigenvalue weighted by Crippen LogP contribution is -2.45. The fourth-order valence-electron chi connectivity index (χ4n) is 7.10. The van der Waals surface area contributed by atoms with Crippen LogP contribution >= 0.6 is 7.82 Å². The first-order valence-corrected chi connectivity index (χ1v) is 27.1. The number of hydrogen-bond donors (Lipinski definition) is 2. The lowest BCUT2D eigenvalue weighted by molar-refractivity contribution is -0.870. The molecule has 0 spiro atoms. The number of nitrogens with zero attached hydrogens (tertiary/aromatic N) is 1. The van der Waals surface area contributed by atoms with Crippen LogP contribution in [-0.2, 0) is 18.4 Å². The number of rotatable bonds is 46. The van der Waals surface area contributed by atoms with Gasteiger partial charge >= 0.3 is 0 Å². The number of likely N-dealkylation sites (N-methyl/N-ethyl adjacent to an activating group) is 1. The van der Waals surface area contributed by atoms with E-state index in [2.05, 4.69) is 67.8 Å². The summed E-state index contributed by atoms with van der Waals surface area (Å²) in [6, 6.07) is -0.912. The molecule has 3 unspecified atom stereocenters. The SMILES string of the molecule is CCCCCCC/C=C\C/C=C\CCCCCCCCCCCCCC(=O)NC(COP(=O)([O-])OCC[N+](C)(C)C)C(O)/C=C/CC/C=C/CC/C=C/CCCCCCCCC. The lowest BCUT2D eigenvalue weighted by Gasteiger charge is -2.29. The molecule has 62 heavy (non-hydrogen) atoms. The Kier molecular flexibility index (Phi) is 43.1. The third kappa shape index (κ3) is 46.2. The van der Waals surface area contributed by atoms with E-state index in [0.29, 0.717) is 17.4 Å². The summed E-state index contributed by atoms with van der Waals surface area (Å²) in [5.74, 6) is -0.215. The Morgan fingerprint density at radius 1 is 0.565 bits per heavy atom. The minimum Gasteiger partial charge on any atom is -0.756 e. The molecule has 0 aromatic rings. The molecule has 9 heteroatoms. The summed E-state index contributed by atoms with van der Waals surface area (Å²) >= 11 is 0. The number of carbonyl (C=O) groups excluding carboxylic acids is 1. The highest BCUT2D eigenvalue weighted by molar-refractivity contribution is 7.45. The zero-order valence-electron chi connectivity index (χ0n) is 41.1. The van der Waals surface area contributed by atoms with Crippen molar-refractivity contribution in [2.75, 3.05) is 40.9 Å². The molecule has 362 valence electrons. The van der Waals surface area contributed by atoms with Crippen LogP contribution in [0.25, 0.3) is 0 Å². The van der Waals surface area contributed by atoms with Gasteiger partial charge in [-0.15, -0.1) is 0 Å². The van der Waals surface area contributed by atoms with Gasteiger partial charge in [0, 0.05) is 6.42 Å². The Bertz CT molecular complexity index is 1190. The summed E-state index contributed by atoms with van der Waals surface area (Å²) in [4.78, 5) is 25.4. The van der Waals surface area contributed by atoms with Gasteiger partial charge in [-0.1, -0.05) is 197 Å². The normalized spacial score (nSPS) is 14.6. The highest BCUT2D eigenvalue weighted by atomic mass is 31.2. The highest BCUT2D eigenvalue weighted by Gasteiger charge is 2.23. The third-order valence-electron chi connectivity index (χ3n) is 11.2. The maximum atomic E-state index is 12.9. The first kappa shape index (κ1) is 60.2. The molecule has 0 saturated heterocycles. The van der Waals surface area contributed by atoms with Crippen molar-refractivity contribution in [3.63, 3.8) is 0 Å². The number of carbonyl (C=O) groups is 1. The van der Waals surface area contributed by atoms with Gasteiger partial charge in [0.25, 0.3) is 7.82 Å². The van der Waals surface area contributed by atoms with Crippen molar-refractivity contribution in [3.05, 3.63) is 60.8 Å². The first-order chi connectivity index (χ1) is 30.0. The largest absolute Gasteiger partial charge is 0.756 e. The quantitative estimate of drug-likeness (QED) is 0.0273. The number of unbranched alkanes of at least 4 members (excludes halogenated alkanes) is 25. The lowest BCUT2D eigenvalue weighted by atomic mass is 10.0. The zero-order chi connectivity index (χ0) is 45.7. The molecule has 1 amide bonds. The van der Waals surface area contributed by atoms with Crippen LogP contribution in [-0.4, -0.2) is 68.5 Å². The summed E-state index contributed by atoms with van der Waals surface area (Å²) in [5, 5.41) is 13.8. The minimum absolute atomic E-state index is 0.0111. The number of aliphatic hydroxyl groups is 1. The average molecular weight is 891 g/mol. The van der Waals surface area contributed by atoms with Gasteiger partial charge in [0.15, 0.2) is 0 Å². The zero-order valence-corrected chi connectivity index (χ0v) is 42.0. The van der Waals surface area contributed by atoms with Crippen LogP contribution in [0.5, 0.6) is 0 Å². The summed E-state index contributed by atoms with van der Waals surface area (Å²) in [6.07, 6.45) is 58.5. The van der Waals surface area contributed by atoms with Gasteiger partial charge in [-0.3, -0.25) is 9.36 Å². The van der Waals surface area contributed by atoms with Crippen LogP contribution < -0.4 is 10.2 Å². The van der Waals surface area contributed by atoms with Crippen LogP contribution in [0, 0.1) is 0 Å². The number of allylic oxidation sites excluding steroid dienone is 9. The molecule has 0 aromatic heterocycles. The second-order valence-electron chi connectivity index (χ2n) is 18.5. The van der Waals surface area contributed by atoms with Gasteiger partial charge in [0.05, 0.1) is 39.9 Å². The fourth-order valence-corrected chi connectivity index (χ4v) is 7.82. The molecule has 0 aliphatic rings. The second-order valence-corrected chi connectivity index (χ2v) is 19.9. The van der Waals surface area contributed by atoms with Gasteiger partial charge in [-0.25, -0.2) is 0 Å². The van der Waals surface area contributed by atoms with E-state index in [1.165, 1.54) is 148 Å². The predicted octanol–water partition coefficient (Wildman–Crippen LogP) is 14.3. The van der Waals surface area contributed by atoms with Crippen molar-refractivity contribution in [1.29, 1.82) is 0 Å². The van der Waals surface area contributed by atoms with E-state index >= 15 is 0 Å². The highest BCUT2D eigenvalue weighted by Crippen LogP contribution is 2.38. The maximum Gasteiger partial charge on any atom is 0.268 e. The van der Waals surface area contributed by atoms with E-state index in [1.54, 1.807) is 6.08 Å². The average Bonchev–Trinajstić information content (AvgIpc) is 3.23. The van der Waals surface area contributed by atoms with Crippen LogP contribution in [0.15, 0.2) is 60.8 Å². The number of amides is 1. The number of phosphoric ester groups is 1. The van der Waals surface area contributed by atoms with E-state index in [1.807, 2.05) is 27.2 Å². The van der Waals surface area contributed by atoms with E-state index in [4.69, 9.17) is 9.05 Å². The van der Waals surface area contributed by atoms with Crippen molar-refractivity contribution in [2.45, 2.75) is 231 Å². The van der Waals surface area contributed by atoms with Gasteiger partial charge < -0.3 is 28.8 Å². The van der Waals surface area contributed by atoms with Gasteiger partial charge in [0.2, 0.25) is 5.91 Å². The Morgan fingerprint density at radius 2 is 0.952 bits per heavy atom. The molecule has 0 aromatic carbocycles. The molecule has 8 nitrogen and oxygen atoms in total. The van der Waals surface area contributed by atoms with E-state index in [9.17, 15) is 19.4 Å². The molecule has 0 fully saturated rings. The molecule has 0 saturated carbocycles. The maximum absolute atomic E-state index is 12.9. The molecule has 0 aliphatic heterocycles. The third-order valence-corrected chi connectivity index (χ3v) is 12.1. The van der Waals surface area contributed by atoms with Crippen molar-refractivity contribution < 1.29 is 32.9 Å². The number of nitrogens with one attached hydrogen (secondary N) is 1. The standard InChI is InChI=1S/C53H99N2O6P/c1-6-8-10-12-14-16-18-20-22-24-25-26-27-28-29-31-33-35-37-39-41-43-45-47-53(57)54-51(50-61-62(58,59)60-49-48-55(3,4)5)52(56)46-44-42-40-38-36-34-32-30-23-21-19-17-15-13-11-9-7-2/h18,20,23-25,30,36,38,44,46,51-52,56H,6-17,19,21-22,26-29,31-35,37,39-43,45,47-50H2,1-5H3,(H-,54,57,58,59)/b20-18-,25-24-,30-23+,38-36+,46-44+. The van der Waals surface area contributed by atoms with Crippen molar-refractivity contribution >= 4 is 13.7 Å². The molecule has 0 radical (unpaired) electrons. The molecule has 3 atom stereocenters. The number of hydrogen-bond acceptors (Lipinski definition) is 6. The van der Waals surface area contributed by atoms with Crippen molar-refractivity contribution in [1.82, 2.24) is 5.32 Å². The topological polar surface area (TPSA) is 108 Å². The molecule has 2 N–H and O–H groups in total. The second kappa shape index (κ2) is 44.4. The summed E-state index contributed by atoms with van der Waals surface area (Å²) in [7, 11) is 1.23. The Balaban J connectivity index is 4.36. The van der Waals surface area contributed by atoms with Gasteiger partial charge in [-0.2, -0.15) is 0 Å². The number of aliphatic hydroxyl groups excluding tert-OH is 1. The van der Waals surface area contributed by atoms with Crippen molar-refractivity contribution in [3.8, 4) is 0 Å². The van der Waals surface area contributed by atoms with Crippen molar-refractivity contribution in [2.24, 2.45) is 0 Å². The monoisotopic (exact) mass is 891 g/mol. The first-order valence-electron chi connectivity index (χ1n) is 25.7. The van der Waals surface area contributed by atoms with Crippen LogP contribution in [0.4, 0.5) is 0 Å².